The Morgan fingerprint density at radius 2 is 1.58 bits per heavy atom. The van der Waals surface area contributed by atoms with Crippen molar-refractivity contribution in [3.8, 4) is 11.5 Å². The van der Waals surface area contributed by atoms with Gasteiger partial charge in [-0.1, -0.05) is 50.1 Å². The van der Waals surface area contributed by atoms with Gasteiger partial charge in [-0.2, -0.15) is 0 Å². The summed E-state index contributed by atoms with van der Waals surface area (Å²) in [6.07, 6.45) is 3.19. The van der Waals surface area contributed by atoms with Crippen molar-refractivity contribution in [1.29, 1.82) is 0 Å². The average molecular weight is 486 g/mol. The summed E-state index contributed by atoms with van der Waals surface area (Å²) in [5.74, 6) is -0.280. The zero-order chi connectivity index (χ0) is 25.7. The minimum absolute atomic E-state index is 0.0463. The molecule has 6 nitrogen and oxygen atoms in total. The molecule has 0 radical (unpaired) electrons. The number of amides is 1. The summed E-state index contributed by atoms with van der Waals surface area (Å²) in [5.41, 5.74) is 2.65. The molecule has 1 amide bonds. The molecule has 3 aromatic rings. The van der Waals surface area contributed by atoms with E-state index < -0.39 is 17.7 Å². The number of methoxy groups -OCH3 is 1. The van der Waals surface area contributed by atoms with Crippen molar-refractivity contribution >= 4 is 23.1 Å². The van der Waals surface area contributed by atoms with E-state index in [-0.39, 0.29) is 11.3 Å². The predicted octanol–water partition coefficient (Wildman–Crippen LogP) is 6.20. The van der Waals surface area contributed by atoms with Gasteiger partial charge in [-0.25, -0.2) is 0 Å². The van der Waals surface area contributed by atoms with Crippen molar-refractivity contribution in [3.63, 3.8) is 0 Å². The molecule has 1 aliphatic heterocycles. The Bertz CT molecular complexity index is 1260. The first-order valence-electron chi connectivity index (χ1n) is 12.2. The number of nitrogens with zero attached hydrogens (tertiary/aromatic N) is 1. The van der Waals surface area contributed by atoms with Crippen LogP contribution in [0.1, 0.15) is 48.9 Å². The van der Waals surface area contributed by atoms with Crippen LogP contribution in [0.5, 0.6) is 11.5 Å². The molecule has 1 aliphatic rings. The average Bonchev–Trinajstić information content (AvgIpc) is 3.17. The Labute approximate surface area is 211 Å². The maximum Gasteiger partial charge on any atom is 0.300 e. The first-order chi connectivity index (χ1) is 17.5. The second kappa shape index (κ2) is 11.1. The molecular weight excluding hydrogens is 454 g/mol. The van der Waals surface area contributed by atoms with Crippen LogP contribution in [-0.4, -0.2) is 30.5 Å². The molecular formula is C30H31NO5. The summed E-state index contributed by atoms with van der Waals surface area (Å²) in [6.45, 7) is 4.65. The fraction of sp³-hybridized carbons (Fsp3) is 0.267. The van der Waals surface area contributed by atoms with E-state index in [1.807, 2.05) is 31.2 Å². The lowest BCUT2D eigenvalue weighted by Crippen LogP contribution is -2.30. The number of carbonyl (C=O) groups excluding carboxylic acids is 2. The summed E-state index contributed by atoms with van der Waals surface area (Å²) in [6, 6.07) is 20.7. The molecule has 1 heterocycles. The molecule has 4 rings (SSSR count). The first kappa shape index (κ1) is 25.0. The van der Waals surface area contributed by atoms with Crippen molar-refractivity contribution < 1.29 is 24.2 Å². The number of aryl methyl sites for hydroxylation is 1. The summed E-state index contributed by atoms with van der Waals surface area (Å²) in [5, 5.41) is 11.3. The normalized spacial score (nSPS) is 16.9. The fourth-order valence-corrected chi connectivity index (χ4v) is 4.42. The quantitative estimate of drug-likeness (QED) is 0.169. The lowest BCUT2D eigenvalue weighted by Gasteiger charge is -2.27. The number of hydrogen-bond acceptors (Lipinski definition) is 5. The monoisotopic (exact) mass is 485 g/mol. The fourth-order valence-electron chi connectivity index (χ4n) is 4.42. The number of aliphatic hydroxyl groups is 1. The molecule has 1 N–H and O–H groups in total. The van der Waals surface area contributed by atoms with Crippen LogP contribution in [0.15, 0.2) is 78.4 Å². The van der Waals surface area contributed by atoms with Crippen molar-refractivity contribution in [2.24, 2.45) is 0 Å². The lowest BCUT2D eigenvalue weighted by atomic mass is 9.95. The number of ketones is 1. The van der Waals surface area contributed by atoms with E-state index >= 15 is 0 Å². The molecule has 0 saturated carbocycles. The van der Waals surface area contributed by atoms with Crippen molar-refractivity contribution in [3.05, 3.63) is 95.1 Å². The van der Waals surface area contributed by atoms with E-state index in [0.29, 0.717) is 34.9 Å². The van der Waals surface area contributed by atoms with Crippen molar-refractivity contribution in [2.75, 3.05) is 18.6 Å². The number of Topliss-reactive ketones (excluding diaryl/α,β-unsaturated/α-hetero) is 1. The minimum Gasteiger partial charge on any atom is -0.507 e. The van der Waals surface area contributed by atoms with Crippen LogP contribution in [0, 0.1) is 6.92 Å². The van der Waals surface area contributed by atoms with Crippen LogP contribution < -0.4 is 14.4 Å². The number of ether oxygens (including phenoxy) is 2. The van der Waals surface area contributed by atoms with E-state index in [1.54, 1.807) is 55.6 Å². The third-order valence-electron chi connectivity index (χ3n) is 6.40. The number of unbranched alkanes of at least 4 members (excludes halogenated alkanes) is 2. The molecule has 0 aliphatic carbocycles. The van der Waals surface area contributed by atoms with Gasteiger partial charge in [-0.15, -0.1) is 0 Å². The van der Waals surface area contributed by atoms with Crippen molar-refractivity contribution in [1.82, 2.24) is 0 Å². The van der Waals surface area contributed by atoms with Gasteiger partial charge in [0.1, 0.15) is 17.3 Å². The van der Waals surface area contributed by atoms with E-state index in [9.17, 15) is 14.7 Å². The largest absolute Gasteiger partial charge is 0.507 e. The Hall–Kier alpha value is -4.06. The van der Waals surface area contributed by atoms with Gasteiger partial charge in [-0.05, 0) is 66.9 Å². The zero-order valence-corrected chi connectivity index (χ0v) is 20.9. The third-order valence-corrected chi connectivity index (χ3v) is 6.40. The van der Waals surface area contributed by atoms with Crippen LogP contribution in [0.4, 0.5) is 5.69 Å². The van der Waals surface area contributed by atoms with Crippen LogP contribution >= 0.6 is 0 Å². The highest BCUT2D eigenvalue weighted by Crippen LogP contribution is 2.43. The highest BCUT2D eigenvalue weighted by molar-refractivity contribution is 6.51. The third kappa shape index (κ3) is 4.98. The number of benzene rings is 3. The van der Waals surface area contributed by atoms with Gasteiger partial charge < -0.3 is 14.6 Å². The molecule has 1 saturated heterocycles. The van der Waals surface area contributed by atoms with Gasteiger partial charge in [0.15, 0.2) is 0 Å². The van der Waals surface area contributed by atoms with E-state index in [0.717, 1.165) is 24.8 Å². The molecule has 0 aromatic heterocycles. The summed E-state index contributed by atoms with van der Waals surface area (Å²) in [7, 11) is 1.58. The highest BCUT2D eigenvalue weighted by Gasteiger charge is 2.47. The summed E-state index contributed by atoms with van der Waals surface area (Å²) in [4.78, 5) is 28.1. The van der Waals surface area contributed by atoms with Crippen LogP contribution in [0.2, 0.25) is 0 Å². The number of hydrogen-bond donors (Lipinski definition) is 1. The molecule has 0 spiro atoms. The molecule has 186 valence electrons. The van der Waals surface area contributed by atoms with Gasteiger partial charge in [0, 0.05) is 11.3 Å². The Balaban J connectivity index is 1.77. The number of aliphatic hydroxyl groups excluding tert-OH is 1. The lowest BCUT2D eigenvalue weighted by molar-refractivity contribution is -0.132. The van der Waals surface area contributed by atoms with Gasteiger partial charge in [0.05, 0.1) is 25.3 Å². The first-order valence-corrected chi connectivity index (χ1v) is 12.2. The van der Waals surface area contributed by atoms with E-state index in [4.69, 9.17) is 9.47 Å². The predicted molar refractivity (Wildman–Crippen MR) is 140 cm³/mol. The molecule has 6 heteroatoms. The Kier molecular flexibility index (Phi) is 7.74. The van der Waals surface area contributed by atoms with Crippen LogP contribution in [0.25, 0.3) is 5.76 Å². The Morgan fingerprint density at radius 1 is 0.917 bits per heavy atom. The SMILES string of the molecule is CCCCCOc1ccc(/C(O)=C2\C(=O)C(=O)N(c3ccccc3C)C2c2ccc(OC)cc2)cc1. The number of anilines is 1. The van der Waals surface area contributed by atoms with Crippen molar-refractivity contribution in [2.45, 2.75) is 39.2 Å². The molecule has 0 bridgehead atoms. The van der Waals surface area contributed by atoms with Crippen LogP contribution in [-0.2, 0) is 9.59 Å². The molecule has 1 unspecified atom stereocenters. The van der Waals surface area contributed by atoms with Gasteiger partial charge in [0.2, 0.25) is 0 Å². The van der Waals surface area contributed by atoms with Gasteiger partial charge in [-0.3, -0.25) is 14.5 Å². The Morgan fingerprint density at radius 3 is 2.22 bits per heavy atom. The summed E-state index contributed by atoms with van der Waals surface area (Å²) >= 11 is 0. The van der Waals surface area contributed by atoms with Gasteiger partial charge >= 0.3 is 0 Å². The number of carbonyl (C=O) groups is 2. The number of para-hydroxylation sites is 1. The maximum absolute atomic E-state index is 13.3. The van der Waals surface area contributed by atoms with E-state index in [1.165, 1.54) is 4.90 Å². The smallest absolute Gasteiger partial charge is 0.300 e. The number of rotatable bonds is 9. The zero-order valence-electron chi connectivity index (χ0n) is 20.9. The molecule has 36 heavy (non-hydrogen) atoms. The van der Waals surface area contributed by atoms with Gasteiger partial charge in [0.25, 0.3) is 11.7 Å². The second-order valence-electron chi connectivity index (χ2n) is 8.81. The van der Waals surface area contributed by atoms with Crippen LogP contribution in [0.3, 0.4) is 0 Å². The highest BCUT2D eigenvalue weighted by atomic mass is 16.5. The summed E-state index contributed by atoms with van der Waals surface area (Å²) < 4.78 is 11.0. The minimum atomic E-state index is -0.790. The molecule has 1 fully saturated rings. The molecule has 3 aromatic carbocycles. The molecule has 1 atom stereocenters. The maximum atomic E-state index is 13.3. The second-order valence-corrected chi connectivity index (χ2v) is 8.81. The van der Waals surface area contributed by atoms with E-state index in [2.05, 4.69) is 6.92 Å². The standard InChI is InChI=1S/C30H31NO5/c1-4-5-8-19-36-24-17-13-22(14-18-24)28(32)26-27(21-11-15-23(35-3)16-12-21)31(30(34)29(26)33)25-10-7-6-9-20(25)2/h6-7,9-18,27,32H,4-5,8,19H2,1-3H3/b28-26+. The topological polar surface area (TPSA) is 76.1 Å².